The van der Waals surface area contributed by atoms with Gasteiger partial charge >= 0.3 is 12.1 Å². The molecule has 0 aromatic carbocycles. The first-order chi connectivity index (χ1) is 11.3. The molecule has 2 amide bonds. The quantitative estimate of drug-likeness (QED) is 0.745. The van der Waals surface area contributed by atoms with Crippen molar-refractivity contribution in [2.24, 2.45) is 11.8 Å². The number of carbonyl (C=O) groups is 3. The summed E-state index contributed by atoms with van der Waals surface area (Å²) in [7, 11) is 0. The van der Waals surface area contributed by atoms with Gasteiger partial charge in [0.25, 0.3) is 0 Å². The number of aliphatic carboxylic acids is 1. The van der Waals surface area contributed by atoms with Crippen molar-refractivity contribution < 1.29 is 24.2 Å². The molecule has 0 unspecified atom stereocenters. The average molecular weight is 338 g/mol. The van der Waals surface area contributed by atoms with Gasteiger partial charge in [0.15, 0.2) is 0 Å². The summed E-state index contributed by atoms with van der Waals surface area (Å²) >= 11 is 0. The summed E-state index contributed by atoms with van der Waals surface area (Å²) in [5.74, 6) is -1.12. The predicted molar refractivity (Wildman–Crippen MR) is 87.3 cm³/mol. The summed E-state index contributed by atoms with van der Waals surface area (Å²) in [6.45, 7) is 7.31. The molecule has 2 saturated heterocycles. The molecule has 0 radical (unpaired) electrons. The fourth-order valence-electron chi connectivity index (χ4n) is 3.83. The van der Waals surface area contributed by atoms with E-state index in [0.717, 1.165) is 0 Å². The van der Waals surface area contributed by atoms with Crippen molar-refractivity contribution in [2.45, 2.75) is 64.8 Å². The lowest BCUT2D eigenvalue weighted by Crippen LogP contribution is -2.65. The van der Waals surface area contributed by atoms with Gasteiger partial charge in [-0.25, -0.2) is 9.59 Å². The fraction of sp³-hybridized carbons (Fsp3) is 0.706. The number of nitrogens with zero attached hydrogens (tertiary/aromatic N) is 1. The Balaban J connectivity index is 2.41. The molecule has 134 valence electrons. The number of rotatable bonds is 5. The molecule has 24 heavy (non-hydrogen) atoms. The molecule has 0 bridgehead atoms. The Morgan fingerprint density at radius 1 is 1.46 bits per heavy atom. The Hall–Kier alpha value is -2.05. The van der Waals surface area contributed by atoms with Gasteiger partial charge in [0, 0.05) is 12.8 Å². The minimum Gasteiger partial charge on any atom is -0.480 e. The number of nitrogens with one attached hydrogen (secondary N) is 1. The molecular formula is C17H26N2O5. The second-order valence-corrected chi connectivity index (χ2v) is 6.96. The van der Waals surface area contributed by atoms with Crippen LogP contribution in [0.5, 0.6) is 0 Å². The lowest BCUT2D eigenvalue weighted by molar-refractivity contribution is -0.143. The zero-order valence-corrected chi connectivity index (χ0v) is 14.6. The number of hydrogen-bond acceptors (Lipinski definition) is 4. The average Bonchev–Trinajstić information content (AvgIpc) is 2.83. The van der Waals surface area contributed by atoms with Gasteiger partial charge in [-0.1, -0.05) is 26.0 Å². The van der Waals surface area contributed by atoms with Crippen LogP contribution >= 0.6 is 0 Å². The van der Waals surface area contributed by atoms with E-state index >= 15 is 0 Å². The van der Waals surface area contributed by atoms with E-state index in [1.54, 1.807) is 0 Å². The van der Waals surface area contributed by atoms with Crippen LogP contribution in [0.25, 0.3) is 0 Å². The molecule has 0 spiro atoms. The lowest BCUT2D eigenvalue weighted by Gasteiger charge is -2.44. The first-order valence-electron chi connectivity index (χ1n) is 8.37. The Labute approximate surface area is 142 Å². The Kier molecular flexibility index (Phi) is 5.51. The molecule has 7 heteroatoms. The van der Waals surface area contributed by atoms with E-state index in [1.807, 2.05) is 32.9 Å². The highest BCUT2D eigenvalue weighted by molar-refractivity contribution is 5.82. The smallest absolute Gasteiger partial charge is 0.411 e. The highest BCUT2D eigenvalue weighted by Crippen LogP contribution is 2.39. The number of hydrogen-bond donors (Lipinski definition) is 2. The van der Waals surface area contributed by atoms with Crippen LogP contribution in [-0.2, 0) is 14.3 Å². The Morgan fingerprint density at radius 2 is 2.12 bits per heavy atom. The van der Waals surface area contributed by atoms with E-state index in [9.17, 15) is 19.5 Å². The first-order valence-corrected chi connectivity index (χ1v) is 8.37. The molecule has 0 saturated carbocycles. The summed E-state index contributed by atoms with van der Waals surface area (Å²) in [4.78, 5) is 37.0. The monoisotopic (exact) mass is 338 g/mol. The number of carboxylic acid groups (broad SMARTS) is 1. The first kappa shape index (κ1) is 18.3. The van der Waals surface area contributed by atoms with Gasteiger partial charge in [0.05, 0.1) is 12.1 Å². The number of carbonyl (C=O) groups excluding carboxylic acids is 2. The van der Waals surface area contributed by atoms with Gasteiger partial charge < -0.3 is 15.2 Å². The van der Waals surface area contributed by atoms with Crippen molar-refractivity contribution in [1.82, 2.24) is 10.2 Å². The van der Waals surface area contributed by atoms with Crippen molar-refractivity contribution in [3.63, 3.8) is 0 Å². The van der Waals surface area contributed by atoms with E-state index in [2.05, 4.69) is 5.32 Å². The largest absolute Gasteiger partial charge is 0.480 e. The number of amides is 2. The molecule has 2 aliphatic heterocycles. The Bertz CT molecular complexity index is 545. The minimum atomic E-state index is -1.05. The SMILES string of the molecule is C/C=C\[C@@H]1C[C@H](C(=O)O)N2C(=O)O[C@@H](CC(C)C)[C@H](NC(C)=O)[C@@H]12. The summed E-state index contributed by atoms with van der Waals surface area (Å²) < 4.78 is 5.52. The second kappa shape index (κ2) is 7.23. The van der Waals surface area contributed by atoms with Crippen LogP contribution in [0.2, 0.25) is 0 Å². The van der Waals surface area contributed by atoms with Crippen LogP contribution in [0, 0.1) is 11.8 Å². The highest BCUT2D eigenvalue weighted by atomic mass is 16.6. The van der Waals surface area contributed by atoms with Crippen LogP contribution in [-0.4, -0.2) is 52.2 Å². The molecule has 2 aliphatic rings. The van der Waals surface area contributed by atoms with Crippen LogP contribution < -0.4 is 5.32 Å². The van der Waals surface area contributed by atoms with E-state index in [-0.39, 0.29) is 17.7 Å². The summed E-state index contributed by atoms with van der Waals surface area (Å²) in [6, 6.07) is -1.76. The standard InChI is InChI=1S/C17H26N2O5/c1-5-6-11-8-12(16(21)22)19-15(11)14(18-10(4)20)13(7-9(2)3)24-17(19)23/h5-6,9,11-15H,7-8H2,1-4H3,(H,18,20)(H,21,22)/b6-5-/t11-,12-,13+,14+,15-/m1/s1. The molecule has 0 aromatic heterocycles. The summed E-state index contributed by atoms with van der Waals surface area (Å²) in [6.07, 6.45) is 3.65. The maximum absolute atomic E-state index is 12.5. The van der Waals surface area contributed by atoms with Gasteiger partial charge in [-0.05, 0) is 25.7 Å². The number of fused-ring (bicyclic) bond motifs is 1. The predicted octanol–water partition coefficient (Wildman–Crippen LogP) is 1.78. The highest BCUT2D eigenvalue weighted by Gasteiger charge is 2.55. The van der Waals surface area contributed by atoms with Crippen LogP contribution in [0.15, 0.2) is 12.2 Å². The molecule has 7 nitrogen and oxygen atoms in total. The molecule has 2 heterocycles. The molecule has 2 rings (SSSR count). The zero-order valence-electron chi connectivity index (χ0n) is 14.6. The normalized spacial score (nSPS) is 32.8. The third-order valence-electron chi connectivity index (χ3n) is 4.62. The summed E-state index contributed by atoms with van der Waals surface area (Å²) in [5, 5.41) is 12.4. The van der Waals surface area contributed by atoms with Gasteiger partial charge in [-0.2, -0.15) is 0 Å². The topological polar surface area (TPSA) is 95.9 Å². The maximum Gasteiger partial charge on any atom is 0.411 e. The number of ether oxygens (including phenoxy) is 1. The van der Waals surface area contributed by atoms with Crippen LogP contribution in [0.1, 0.15) is 40.5 Å². The third-order valence-corrected chi connectivity index (χ3v) is 4.62. The fourth-order valence-corrected chi connectivity index (χ4v) is 3.83. The third kappa shape index (κ3) is 3.55. The summed E-state index contributed by atoms with van der Waals surface area (Å²) in [5.41, 5.74) is 0. The van der Waals surface area contributed by atoms with Crippen molar-refractivity contribution in [3.8, 4) is 0 Å². The molecule has 0 aliphatic carbocycles. The molecule has 5 atom stereocenters. The molecule has 2 fully saturated rings. The number of cyclic esters (lactones) is 1. The molecule has 2 N–H and O–H groups in total. The van der Waals surface area contributed by atoms with Crippen LogP contribution in [0.4, 0.5) is 4.79 Å². The van der Waals surface area contributed by atoms with Gasteiger partial charge in [0.2, 0.25) is 5.91 Å². The van der Waals surface area contributed by atoms with Crippen molar-refractivity contribution in [1.29, 1.82) is 0 Å². The Morgan fingerprint density at radius 3 is 2.62 bits per heavy atom. The molecular weight excluding hydrogens is 312 g/mol. The van der Waals surface area contributed by atoms with Gasteiger partial charge in [0.1, 0.15) is 12.1 Å². The van der Waals surface area contributed by atoms with Gasteiger partial charge in [-0.3, -0.25) is 9.69 Å². The number of allylic oxidation sites excluding steroid dienone is 1. The zero-order chi connectivity index (χ0) is 18.0. The van der Waals surface area contributed by atoms with E-state index < -0.39 is 36.3 Å². The maximum atomic E-state index is 12.5. The minimum absolute atomic E-state index is 0.129. The van der Waals surface area contributed by atoms with E-state index in [4.69, 9.17) is 4.74 Å². The van der Waals surface area contributed by atoms with Crippen molar-refractivity contribution in [3.05, 3.63) is 12.2 Å². The lowest BCUT2D eigenvalue weighted by atomic mass is 9.86. The number of carboxylic acids is 1. The van der Waals surface area contributed by atoms with E-state index in [1.165, 1.54) is 11.8 Å². The van der Waals surface area contributed by atoms with Gasteiger partial charge in [-0.15, -0.1) is 0 Å². The van der Waals surface area contributed by atoms with E-state index in [0.29, 0.717) is 12.8 Å². The van der Waals surface area contributed by atoms with Crippen molar-refractivity contribution in [2.75, 3.05) is 0 Å². The second-order valence-electron chi connectivity index (χ2n) is 6.96. The van der Waals surface area contributed by atoms with Crippen LogP contribution in [0.3, 0.4) is 0 Å². The molecule has 0 aromatic rings. The van der Waals surface area contributed by atoms with Crippen molar-refractivity contribution >= 4 is 18.0 Å².